The molecule has 0 unspecified atom stereocenters. The molecule has 0 aliphatic rings. The molecule has 0 radical (unpaired) electrons. The number of Topliss-reactive ketones (excluding diaryl/α,β-unsaturated/α-hetero) is 1. The van der Waals surface area contributed by atoms with Crippen LogP contribution >= 0.6 is 0 Å². The summed E-state index contributed by atoms with van der Waals surface area (Å²) >= 11 is 0. The summed E-state index contributed by atoms with van der Waals surface area (Å²) < 4.78 is 38.1. The van der Waals surface area contributed by atoms with E-state index in [9.17, 15) is 32.9 Å². The maximum Gasteiger partial charge on any atom is 0.454 e. The van der Waals surface area contributed by atoms with Gasteiger partial charge < -0.3 is 5.32 Å². The van der Waals surface area contributed by atoms with Gasteiger partial charge in [-0.3, -0.25) is 19.7 Å². The molecule has 1 N–H and O–H groups in total. The van der Waals surface area contributed by atoms with E-state index in [1.165, 1.54) is 0 Å². The number of nitrogens with zero attached hydrogens (tertiary/aromatic N) is 1. The Morgan fingerprint density at radius 1 is 1.08 bits per heavy atom. The van der Waals surface area contributed by atoms with Crippen molar-refractivity contribution in [3.05, 3.63) is 69.8 Å². The minimum Gasteiger partial charge on any atom is -0.325 e. The SMILES string of the molecule is O=C(CCc1ccccc1)Nc1cc([N+](=O)[O-])ccc1C(=O)C(F)(F)F. The number of nitro benzene ring substituents is 1. The molecule has 9 heteroatoms. The number of ketones is 1. The van der Waals surface area contributed by atoms with Crippen molar-refractivity contribution in [2.45, 2.75) is 19.0 Å². The zero-order chi connectivity index (χ0) is 19.3. The van der Waals surface area contributed by atoms with Gasteiger partial charge in [0.1, 0.15) is 0 Å². The molecule has 26 heavy (non-hydrogen) atoms. The second-order valence-corrected chi connectivity index (χ2v) is 5.35. The van der Waals surface area contributed by atoms with Gasteiger partial charge in [0.15, 0.2) is 0 Å². The first-order valence-electron chi connectivity index (χ1n) is 7.42. The van der Waals surface area contributed by atoms with Gasteiger partial charge in [-0.25, -0.2) is 0 Å². The highest BCUT2D eigenvalue weighted by Crippen LogP contribution is 2.29. The third-order valence-electron chi connectivity index (χ3n) is 3.47. The molecule has 0 aromatic heterocycles. The number of non-ortho nitro benzene ring substituents is 1. The third-order valence-corrected chi connectivity index (χ3v) is 3.47. The van der Waals surface area contributed by atoms with Crippen LogP contribution in [0.3, 0.4) is 0 Å². The van der Waals surface area contributed by atoms with E-state index in [4.69, 9.17) is 0 Å². The number of halogens is 3. The topological polar surface area (TPSA) is 89.3 Å². The fourth-order valence-corrected chi connectivity index (χ4v) is 2.22. The summed E-state index contributed by atoms with van der Waals surface area (Å²) in [4.78, 5) is 33.5. The Labute approximate surface area is 145 Å². The molecule has 0 bridgehead atoms. The Balaban J connectivity index is 2.22. The molecule has 0 heterocycles. The Bertz CT molecular complexity index is 836. The van der Waals surface area contributed by atoms with Gasteiger partial charge in [0.25, 0.3) is 11.5 Å². The molecule has 6 nitrogen and oxygen atoms in total. The molecule has 0 saturated heterocycles. The molecular formula is C17H13F3N2O4. The smallest absolute Gasteiger partial charge is 0.325 e. The van der Waals surface area contributed by atoms with Crippen LogP contribution in [0.25, 0.3) is 0 Å². The van der Waals surface area contributed by atoms with Crippen molar-refractivity contribution in [3.63, 3.8) is 0 Å². The van der Waals surface area contributed by atoms with Crippen LogP contribution in [0.1, 0.15) is 22.3 Å². The first kappa shape index (κ1) is 19.1. The Morgan fingerprint density at radius 3 is 2.31 bits per heavy atom. The summed E-state index contributed by atoms with van der Waals surface area (Å²) in [6.45, 7) is 0. The van der Waals surface area contributed by atoms with Crippen LogP contribution in [-0.4, -0.2) is 22.8 Å². The van der Waals surface area contributed by atoms with Crippen LogP contribution in [0.15, 0.2) is 48.5 Å². The van der Waals surface area contributed by atoms with E-state index in [1.54, 1.807) is 30.3 Å². The fourth-order valence-electron chi connectivity index (χ4n) is 2.22. The lowest BCUT2D eigenvalue weighted by Crippen LogP contribution is -2.25. The maximum atomic E-state index is 12.7. The van der Waals surface area contributed by atoms with Crippen molar-refractivity contribution >= 4 is 23.1 Å². The number of benzene rings is 2. The predicted octanol–water partition coefficient (Wildman–Crippen LogP) is 3.91. The largest absolute Gasteiger partial charge is 0.454 e. The molecule has 2 rings (SSSR count). The molecule has 0 spiro atoms. The minimum atomic E-state index is -5.17. The predicted molar refractivity (Wildman–Crippen MR) is 86.9 cm³/mol. The Kier molecular flexibility index (Phi) is 5.71. The van der Waals surface area contributed by atoms with Crippen molar-refractivity contribution in [2.24, 2.45) is 0 Å². The van der Waals surface area contributed by atoms with E-state index in [0.717, 1.165) is 17.7 Å². The van der Waals surface area contributed by atoms with Crippen molar-refractivity contribution in [1.29, 1.82) is 0 Å². The minimum absolute atomic E-state index is 0.0631. The summed E-state index contributed by atoms with van der Waals surface area (Å²) in [5.74, 6) is -2.85. The third kappa shape index (κ3) is 4.88. The second kappa shape index (κ2) is 7.77. The van der Waals surface area contributed by atoms with Gasteiger partial charge >= 0.3 is 6.18 Å². The molecule has 2 aromatic carbocycles. The normalized spacial score (nSPS) is 11.0. The molecule has 0 atom stereocenters. The number of hydrogen-bond acceptors (Lipinski definition) is 4. The van der Waals surface area contributed by atoms with Crippen LogP contribution in [0, 0.1) is 10.1 Å². The standard InChI is InChI=1S/C17H13F3N2O4/c18-17(19,20)16(24)13-8-7-12(22(25)26)10-14(13)21-15(23)9-6-11-4-2-1-3-5-11/h1-5,7-8,10H,6,9H2,(H,21,23). The number of anilines is 1. The Hall–Kier alpha value is -3.23. The average Bonchev–Trinajstić information content (AvgIpc) is 2.59. The summed E-state index contributed by atoms with van der Waals surface area (Å²) in [6, 6.07) is 11.1. The van der Waals surface area contributed by atoms with E-state index < -0.39 is 39.7 Å². The number of rotatable bonds is 6. The van der Waals surface area contributed by atoms with Gasteiger partial charge in [0.05, 0.1) is 16.2 Å². The maximum absolute atomic E-state index is 12.7. The van der Waals surface area contributed by atoms with Crippen molar-refractivity contribution in [2.75, 3.05) is 5.32 Å². The van der Waals surface area contributed by atoms with Gasteiger partial charge in [0, 0.05) is 18.6 Å². The van der Waals surface area contributed by atoms with Crippen molar-refractivity contribution in [1.82, 2.24) is 0 Å². The molecule has 0 aliphatic carbocycles. The lowest BCUT2D eigenvalue weighted by molar-refractivity contribution is -0.384. The number of nitro groups is 1. The molecule has 0 fully saturated rings. The van der Waals surface area contributed by atoms with Crippen LogP contribution < -0.4 is 5.32 Å². The van der Waals surface area contributed by atoms with E-state index in [0.29, 0.717) is 12.5 Å². The lowest BCUT2D eigenvalue weighted by Gasteiger charge is -2.12. The number of nitrogens with one attached hydrogen (secondary N) is 1. The lowest BCUT2D eigenvalue weighted by atomic mass is 10.1. The molecule has 0 saturated carbocycles. The highest BCUT2D eigenvalue weighted by molar-refractivity contribution is 6.07. The number of alkyl halides is 3. The van der Waals surface area contributed by atoms with E-state index >= 15 is 0 Å². The Morgan fingerprint density at radius 2 is 1.73 bits per heavy atom. The van der Waals surface area contributed by atoms with Crippen molar-refractivity contribution in [3.8, 4) is 0 Å². The van der Waals surface area contributed by atoms with Crippen LogP contribution in [0.5, 0.6) is 0 Å². The van der Waals surface area contributed by atoms with Crippen molar-refractivity contribution < 1.29 is 27.7 Å². The molecular weight excluding hydrogens is 353 g/mol. The van der Waals surface area contributed by atoms with E-state index in [-0.39, 0.29) is 6.42 Å². The quantitative estimate of drug-likeness (QED) is 0.477. The highest BCUT2D eigenvalue weighted by Gasteiger charge is 2.41. The van der Waals surface area contributed by atoms with Gasteiger partial charge in [-0.1, -0.05) is 30.3 Å². The van der Waals surface area contributed by atoms with Gasteiger partial charge in [0.2, 0.25) is 5.91 Å². The summed E-state index contributed by atoms with van der Waals surface area (Å²) in [5, 5.41) is 13.0. The van der Waals surface area contributed by atoms with Gasteiger partial charge in [-0.15, -0.1) is 0 Å². The number of amides is 1. The number of carbonyl (C=O) groups excluding carboxylic acids is 2. The van der Waals surface area contributed by atoms with E-state index in [2.05, 4.69) is 5.32 Å². The van der Waals surface area contributed by atoms with E-state index in [1.807, 2.05) is 0 Å². The monoisotopic (exact) mass is 366 g/mol. The number of carbonyl (C=O) groups is 2. The first-order valence-corrected chi connectivity index (χ1v) is 7.42. The molecule has 1 amide bonds. The zero-order valence-electron chi connectivity index (χ0n) is 13.2. The molecule has 0 aliphatic heterocycles. The first-order chi connectivity index (χ1) is 12.2. The summed E-state index contributed by atoms with van der Waals surface area (Å²) in [6.07, 6.45) is -4.91. The van der Waals surface area contributed by atoms with Gasteiger partial charge in [-0.05, 0) is 18.1 Å². The van der Waals surface area contributed by atoms with Crippen LogP contribution in [0.4, 0.5) is 24.5 Å². The average molecular weight is 366 g/mol. The number of hydrogen-bond donors (Lipinski definition) is 1. The van der Waals surface area contributed by atoms with Crippen LogP contribution in [0.2, 0.25) is 0 Å². The summed E-state index contributed by atoms with van der Waals surface area (Å²) in [7, 11) is 0. The van der Waals surface area contributed by atoms with Crippen LogP contribution in [-0.2, 0) is 11.2 Å². The zero-order valence-corrected chi connectivity index (χ0v) is 13.2. The second-order valence-electron chi connectivity index (χ2n) is 5.35. The fraction of sp³-hybridized carbons (Fsp3) is 0.176. The molecule has 2 aromatic rings. The van der Waals surface area contributed by atoms with Gasteiger partial charge in [-0.2, -0.15) is 13.2 Å². The summed E-state index contributed by atoms with van der Waals surface area (Å²) in [5.41, 5.74) is -1.09. The highest BCUT2D eigenvalue weighted by atomic mass is 19.4. The number of aryl methyl sites for hydroxylation is 1. The molecule has 136 valence electrons.